The lowest BCUT2D eigenvalue weighted by Gasteiger charge is -2.10. The van der Waals surface area contributed by atoms with Crippen molar-refractivity contribution in [2.75, 3.05) is 5.32 Å². The third kappa shape index (κ3) is 4.86. The molecule has 0 spiro atoms. The molecule has 1 unspecified atom stereocenters. The van der Waals surface area contributed by atoms with Gasteiger partial charge in [-0.25, -0.2) is 0 Å². The van der Waals surface area contributed by atoms with E-state index in [1.807, 2.05) is 12.1 Å². The summed E-state index contributed by atoms with van der Waals surface area (Å²) in [4.78, 5) is 24.4. The van der Waals surface area contributed by atoms with E-state index < -0.39 is 11.9 Å². The normalized spacial score (nSPS) is 12.0. The Morgan fingerprint density at radius 2 is 1.54 bits per heavy atom. The van der Waals surface area contributed by atoms with Crippen LogP contribution in [0.2, 0.25) is 0 Å². The zero-order valence-electron chi connectivity index (χ0n) is 13.9. The van der Waals surface area contributed by atoms with E-state index in [1.165, 1.54) is 0 Å². The van der Waals surface area contributed by atoms with Gasteiger partial charge in [0.05, 0.1) is 5.92 Å². The first-order valence-electron chi connectivity index (χ1n) is 7.77. The molecule has 1 atom stereocenters. The van der Waals surface area contributed by atoms with E-state index in [4.69, 9.17) is 5.11 Å². The summed E-state index contributed by atoms with van der Waals surface area (Å²) in [6, 6.07) is 14.4. The molecule has 24 heavy (non-hydrogen) atoms. The number of hydrogen-bond acceptors (Lipinski definition) is 3. The predicted molar refractivity (Wildman–Crippen MR) is 97.9 cm³/mol. The number of carboxylic acids is 1. The number of anilines is 1. The maximum atomic E-state index is 12.3. The third-order valence-electron chi connectivity index (χ3n) is 3.53. The Morgan fingerprint density at radius 1 is 0.958 bits per heavy atom. The molecule has 0 aliphatic rings. The summed E-state index contributed by atoms with van der Waals surface area (Å²) in [5, 5.41) is 12.3. The Labute approximate surface area is 146 Å². The van der Waals surface area contributed by atoms with E-state index in [9.17, 15) is 9.59 Å². The summed E-state index contributed by atoms with van der Waals surface area (Å²) in [5.74, 6) is -1.62. The van der Waals surface area contributed by atoms with Crippen molar-refractivity contribution in [2.24, 2.45) is 0 Å². The zero-order valence-corrected chi connectivity index (χ0v) is 14.8. The third-order valence-corrected chi connectivity index (χ3v) is 4.54. The molecule has 0 heterocycles. The molecule has 2 rings (SSSR count). The van der Waals surface area contributed by atoms with Gasteiger partial charge in [0.1, 0.15) is 0 Å². The molecule has 2 N–H and O–H groups in total. The number of aliphatic carboxylic acids is 1. The summed E-state index contributed by atoms with van der Waals surface area (Å²) >= 11 is 1.75. The van der Waals surface area contributed by atoms with Crippen molar-refractivity contribution in [3.8, 4) is 0 Å². The smallest absolute Gasteiger partial charge is 0.310 e. The van der Waals surface area contributed by atoms with Crippen LogP contribution in [-0.4, -0.2) is 22.2 Å². The molecule has 0 saturated carbocycles. The van der Waals surface area contributed by atoms with Gasteiger partial charge in [0.15, 0.2) is 0 Å². The van der Waals surface area contributed by atoms with Gasteiger partial charge in [-0.3, -0.25) is 9.59 Å². The fraction of sp³-hybridized carbons (Fsp3) is 0.263. The van der Waals surface area contributed by atoms with Crippen LogP contribution in [0.15, 0.2) is 53.4 Å². The molecule has 0 saturated heterocycles. The zero-order chi connectivity index (χ0) is 17.7. The largest absolute Gasteiger partial charge is 0.481 e. The van der Waals surface area contributed by atoms with Crippen LogP contribution >= 0.6 is 11.8 Å². The summed E-state index contributed by atoms with van der Waals surface area (Å²) in [6.45, 7) is 5.88. The fourth-order valence-electron chi connectivity index (χ4n) is 2.16. The first-order chi connectivity index (χ1) is 11.4. The van der Waals surface area contributed by atoms with Crippen molar-refractivity contribution in [3.63, 3.8) is 0 Å². The quantitative estimate of drug-likeness (QED) is 0.751. The van der Waals surface area contributed by atoms with Crippen molar-refractivity contribution < 1.29 is 14.7 Å². The number of carbonyl (C=O) groups excluding carboxylic acids is 1. The monoisotopic (exact) mass is 343 g/mol. The summed E-state index contributed by atoms with van der Waals surface area (Å²) in [7, 11) is 0. The number of carbonyl (C=O) groups is 2. The van der Waals surface area contributed by atoms with Crippen LogP contribution in [0.25, 0.3) is 0 Å². The van der Waals surface area contributed by atoms with Crippen LogP contribution in [0.4, 0.5) is 5.69 Å². The Morgan fingerprint density at radius 3 is 2.04 bits per heavy atom. The minimum Gasteiger partial charge on any atom is -0.481 e. The Balaban J connectivity index is 2.02. The van der Waals surface area contributed by atoms with Gasteiger partial charge < -0.3 is 10.4 Å². The Hall–Kier alpha value is -2.27. The molecule has 0 radical (unpaired) electrons. The van der Waals surface area contributed by atoms with Crippen LogP contribution in [0.3, 0.4) is 0 Å². The molecule has 2 aromatic rings. The van der Waals surface area contributed by atoms with E-state index in [0.29, 0.717) is 22.1 Å². The summed E-state index contributed by atoms with van der Waals surface area (Å²) < 4.78 is 0. The molecule has 0 aliphatic carbocycles. The number of benzene rings is 2. The van der Waals surface area contributed by atoms with Gasteiger partial charge in [-0.1, -0.05) is 26.0 Å². The number of carboxylic acid groups (broad SMARTS) is 1. The Bertz CT molecular complexity index is 708. The number of hydrogen-bond donors (Lipinski definition) is 2. The summed E-state index contributed by atoms with van der Waals surface area (Å²) in [5.41, 5.74) is 1.93. The van der Waals surface area contributed by atoms with E-state index in [2.05, 4.69) is 19.2 Å². The highest BCUT2D eigenvalue weighted by Gasteiger charge is 2.13. The van der Waals surface area contributed by atoms with Gasteiger partial charge in [-0.15, -0.1) is 11.8 Å². The molecule has 1 amide bonds. The van der Waals surface area contributed by atoms with Gasteiger partial charge in [0.25, 0.3) is 5.91 Å². The highest BCUT2D eigenvalue weighted by molar-refractivity contribution is 7.99. The number of nitrogens with one attached hydrogen (secondary N) is 1. The van der Waals surface area contributed by atoms with Crippen LogP contribution in [0.5, 0.6) is 0 Å². The van der Waals surface area contributed by atoms with Gasteiger partial charge in [0, 0.05) is 21.4 Å². The lowest BCUT2D eigenvalue weighted by molar-refractivity contribution is -0.138. The molecule has 5 heteroatoms. The van der Waals surface area contributed by atoms with Crippen molar-refractivity contribution in [1.29, 1.82) is 0 Å². The van der Waals surface area contributed by atoms with Crippen LogP contribution < -0.4 is 5.32 Å². The van der Waals surface area contributed by atoms with Crippen LogP contribution in [-0.2, 0) is 4.79 Å². The first kappa shape index (κ1) is 18.1. The number of rotatable bonds is 6. The molecule has 0 bridgehead atoms. The molecule has 4 nitrogen and oxygen atoms in total. The van der Waals surface area contributed by atoms with Crippen molar-refractivity contribution in [2.45, 2.75) is 36.8 Å². The predicted octanol–water partition coefficient (Wildman–Crippen LogP) is 4.63. The SMILES string of the molecule is CC(C)Sc1ccc(C(=O)Nc2ccc(C(C)C(=O)O)cc2)cc1. The lowest BCUT2D eigenvalue weighted by Crippen LogP contribution is -2.12. The molecule has 0 fully saturated rings. The number of amides is 1. The summed E-state index contributed by atoms with van der Waals surface area (Å²) in [6.07, 6.45) is 0. The van der Waals surface area contributed by atoms with Crippen molar-refractivity contribution in [3.05, 3.63) is 59.7 Å². The maximum absolute atomic E-state index is 12.3. The topological polar surface area (TPSA) is 66.4 Å². The minimum atomic E-state index is -0.869. The second-order valence-corrected chi connectivity index (χ2v) is 7.48. The number of thioether (sulfide) groups is 1. The van der Waals surface area contributed by atoms with Crippen LogP contribution in [0, 0.1) is 0 Å². The molecule has 126 valence electrons. The van der Waals surface area contributed by atoms with Gasteiger partial charge in [0.2, 0.25) is 0 Å². The van der Waals surface area contributed by atoms with E-state index in [0.717, 1.165) is 4.90 Å². The average Bonchev–Trinajstić information content (AvgIpc) is 2.55. The fourth-order valence-corrected chi connectivity index (χ4v) is 3.00. The second kappa shape index (κ2) is 8.02. The Kier molecular flexibility index (Phi) is 6.04. The van der Waals surface area contributed by atoms with E-state index in [-0.39, 0.29) is 5.91 Å². The molecule has 0 aliphatic heterocycles. The highest BCUT2D eigenvalue weighted by atomic mass is 32.2. The van der Waals surface area contributed by atoms with Gasteiger partial charge in [-0.2, -0.15) is 0 Å². The molecular formula is C19H21NO3S. The van der Waals surface area contributed by atoms with Gasteiger partial charge >= 0.3 is 5.97 Å². The highest BCUT2D eigenvalue weighted by Crippen LogP contribution is 2.23. The first-order valence-corrected chi connectivity index (χ1v) is 8.65. The lowest BCUT2D eigenvalue weighted by atomic mass is 10.0. The van der Waals surface area contributed by atoms with Crippen LogP contribution in [0.1, 0.15) is 42.6 Å². The average molecular weight is 343 g/mol. The van der Waals surface area contributed by atoms with Gasteiger partial charge in [-0.05, 0) is 48.9 Å². The second-order valence-electron chi connectivity index (χ2n) is 5.83. The molecule has 0 aromatic heterocycles. The molecule has 2 aromatic carbocycles. The van der Waals surface area contributed by atoms with Crippen molar-refractivity contribution >= 4 is 29.3 Å². The van der Waals surface area contributed by atoms with E-state index >= 15 is 0 Å². The molecular weight excluding hydrogens is 322 g/mol. The minimum absolute atomic E-state index is 0.185. The standard InChI is InChI=1S/C19H21NO3S/c1-12(2)24-17-10-6-15(7-11-17)18(21)20-16-8-4-14(5-9-16)13(3)19(22)23/h4-13H,1-3H3,(H,20,21)(H,22,23). The maximum Gasteiger partial charge on any atom is 0.310 e. The van der Waals surface area contributed by atoms with Crippen molar-refractivity contribution in [1.82, 2.24) is 0 Å². The van der Waals surface area contributed by atoms with E-state index in [1.54, 1.807) is 55.1 Å².